The molecule has 3 heterocycles. The molecule has 0 aliphatic carbocycles. The van der Waals surface area contributed by atoms with E-state index in [2.05, 4.69) is 15.5 Å². The fourth-order valence-electron chi connectivity index (χ4n) is 4.67. The van der Waals surface area contributed by atoms with Gasteiger partial charge in [0.25, 0.3) is 11.8 Å². The lowest BCUT2D eigenvalue weighted by atomic mass is 10.00. The van der Waals surface area contributed by atoms with Crippen molar-refractivity contribution >= 4 is 51.7 Å². The van der Waals surface area contributed by atoms with Crippen molar-refractivity contribution in [2.75, 3.05) is 18.6 Å². The molecule has 0 spiro atoms. The van der Waals surface area contributed by atoms with Gasteiger partial charge in [-0.2, -0.15) is 0 Å². The molecule has 0 radical (unpaired) electrons. The van der Waals surface area contributed by atoms with E-state index in [4.69, 9.17) is 15.3 Å². The Labute approximate surface area is 251 Å². The van der Waals surface area contributed by atoms with Crippen molar-refractivity contribution in [3.05, 3.63) is 106 Å². The molecule has 10 nitrogen and oxygen atoms in total. The predicted octanol–water partition coefficient (Wildman–Crippen LogP) is 4.03. The number of anilines is 1. The Balaban J connectivity index is 1.41. The van der Waals surface area contributed by atoms with Gasteiger partial charge < -0.3 is 20.6 Å². The van der Waals surface area contributed by atoms with Crippen molar-refractivity contribution in [2.24, 2.45) is 5.16 Å². The number of rotatable bonds is 10. The number of thioether (sulfide) groups is 1. The fourth-order valence-corrected chi connectivity index (χ4v) is 6.54. The van der Waals surface area contributed by atoms with Crippen LogP contribution in [0, 0.1) is 0 Å². The van der Waals surface area contributed by atoms with E-state index in [1.807, 2.05) is 79.7 Å². The molecule has 0 bridgehead atoms. The molecule has 42 heavy (non-hydrogen) atoms. The Hall–Kier alpha value is -4.42. The van der Waals surface area contributed by atoms with Gasteiger partial charge in [0.15, 0.2) is 16.9 Å². The van der Waals surface area contributed by atoms with Crippen molar-refractivity contribution in [2.45, 2.75) is 30.9 Å². The van der Waals surface area contributed by atoms with Gasteiger partial charge in [-0.05, 0) is 23.1 Å². The van der Waals surface area contributed by atoms with Gasteiger partial charge in [0.05, 0.1) is 0 Å². The summed E-state index contributed by atoms with van der Waals surface area (Å²) < 4.78 is 6.14. The van der Waals surface area contributed by atoms with Crippen LogP contribution in [0.25, 0.3) is 0 Å². The largest absolute Gasteiger partial charge is 0.448 e. The van der Waals surface area contributed by atoms with Crippen LogP contribution in [-0.4, -0.2) is 57.7 Å². The van der Waals surface area contributed by atoms with Gasteiger partial charge in [-0.25, -0.2) is 9.78 Å². The van der Waals surface area contributed by atoms with Gasteiger partial charge in [-0.3, -0.25) is 14.5 Å². The molecule has 5 rings (SSSR count). The van der Waals surface area contributed by atoms with Crippen molar-refractivity contribution in [1.29, 1.82) is 0 Å². The van der Waals surface area contributed by atoms with E-state index >= 15 is 0 Å². The van der Waals surface area contributed by atoms with Crippen LogP contribution in [0.3, 0.4) is 0 Å². The third-order valence-corrected chi connectivity index (χ3v) is 8.60. The number of nitrogens with one attached hydrogen (secondary N) is 1. The van der Waals surface area contributed by atoms with Crippen LogP contribution in [0.5, 0.6) is 0 Å². The minimum Gasteiger partial charge on any atom is -0.448 e. The summed E-state index contributed by atoms with van der Waals surface area (Å²) in [4.78, 5) is 51.0. The number of fused-ring (bicyclic) bond motifs is 1. The Morgan fingerprint density at radius 1 is 1.17 bits per heavy atom. The second kappa shape index (κ2) is 13.0. The molecule has 3 N–H and O–H groups in total. The van der Waals surface area contributed by atoms with E-state index in [1.54, 1.807) is 5.38 Å². The smallest absolute Gasteiger partial charge is 0.356 e. The van der Waals surface area contributed by atoms with E-state index in [1.165, 1.54) is 23.8 Å². The lowest BCUT2D eigenvalue weighted by molar-refractivity contribution is -0.154. The SMILES string of the molecule is CCC=CC1=C(C(=O)OC(c2ccccc2)c2ccccc2)N2C(=O)C(NC(=O)C(=NOC)c3csc(N)n3)[C@@H]2SC1. The van der Waals surface area contributed by atoms with Crippen molar-refractivity contribution in [3.8, 4) is 0 Å². The van der Waals surface area contributed by atoms with Crippen molar-refractivity contribution in [1.82, 2.24) is 15.2 Å². The Morgan fingerprint density at radius 2 is 1.83 bits per heavy atom. The molecule has 1 saturated heterocycles. The number of oxime groups is 1. The maximum Gasteiger partial charge on any atom is 0.356 e. The highest BCUT2D eigenvalue weighted by molar-refractivity contribution is 8.00. The average molecular weight is 604 g/mol. The first-order valence-corrected chi connectivity index (χ1v) is 15.1. The number of nitrogens with two attached hydrogens (primary N) is 1. The number of aromatic nitrogens is 1. The van der Waals surface area contributed by atoms with Crippen molar-refractivity contribution in [3.63, 3.8) is 0 Å². The third-order valence-electron chi connectivity index (χ3n) is 6.62. The average Bonchev–Trinajstić information content (AvgIpc) is 3.45. The monoisotopic (exact) mass is 603 g/mol. The number of thiazole rings is 1. The molecule has 1 aromatic heterocycles. The molecule has 1 fully saturated rings. The first kappa shape index (κ1) is 29.1. The summed E-state index contributed by atoms with van der Waals surface area (Å²) in [6.07, 6.45) is 3.87. The first-order valence-electron chi connectivity index (χ1n) is 13.2. The number of β-lactam (4-membered cyclic amide) rings is 1. The molecule has 12 heteroatoms. The lowest BCUT2D eigenvalue weighted by Crippen LogP contribution is -2.71. The lowest BCUT2D eigenvalue weighted by Gasteiger charge is -2.49. The zero-order valence-corrected chi connectivity index (χ0v) is 24.6. The quantitative estimate of drug-likeness (QED) is 0.153. The van der Waals surface area contributed by atoms with E-state index in [0.717, 1.165) is 28.9 Å². The Morgan fingerprint density at radius 3 is 2.40 bits per heavy atom. The van der Waals surface area contributed by atoms with Crippen LogP contribution in [0.2, 0.25) is 0 Å². The molecular weight excluding hydrogens is 574 g/mol. The van der Waals surface area contributed by atoms with E-state index in [0.29, 0.717) is 11.3 Å². The number of carbonyl (C=O) groups excluding carboxylic acids is 3. The number of hydrogen-bond donors (Lipinski definition) is 2. The number of carbonyl (C=O) groups is 3. The topological polar surface area (TPSA) is 136 Å². The number of nitrogen functional groups attached to an aromatic ring is 1. The molecule has 216 valence electrons. The van der Waals surface area contributed by atoms with E-state index in [9.17, 15) is 14.4 Å². The maximum atomic E-state index is 13.9. The minimum atomic E-state index is -0.890. The maximum absolute atomic E-state index is 13.9. The molecule has 2 aromatic carbocycles. The zero-order valence-electron chi connectivity index (χ0n) is 22.9. The fraction of sp³-hybridized carbons (Fsp3) is 0.233. The van der Waals surface area contributed by atoms with Crippen LogP contribution in [-0.2, 0) is 24.0 Å². The second-order valence-corrected chi connectivity index (χ2v) is 11.3. The predicted molar refractivity (Wildman–Crippen MR) is 162 cm³/mol. The third kappa shape index (κ3) is 5.95. The number of nitrogens with zero attached hydrogens (tertiary/aromatic N) is 3. The summed E-state index contributed by atoms with van der Waals surface area (Å²) in [6.45, 7) is 1.99. The van der Waals surface area contributed by atoms with E-state index in [-0.39, 0.29) is 22.2 Å². The number of hydrogen-bond acceptors (Lipinski definition) is 10. The van der Waals surface area contributed by atoms with Gasteiger partial charge in [0.2, 0.25) is 0 Å². The highest BCUT2D eigenvalue weighted by Crippen LogP contribution is 2.42. The van der Waals surface area contributed by atoms with Crippen LogP contribution in [0.1, 0.15) is 36.3 Å². The van der Waals surface area contributed by atoms with Crippen molar-refractivity contribution < 1.29 is 24.0 Å². The Bertz CT molecular complexity index is 1510. The molecule has 2 amide bonds. The van der Waals surface area contributed by atoms with Crippen LogP contribution < -0.4 is 11.1 Å². The number of esters is 1. The normalized spacial score (nSPS) is 18.6. The molecule has 2 aliphatic heterocycles. The number of amides is 2. The molecule has 0 saturated carbocycles. The molecule has 3 aromatic rings. The molecule has 1 unspecified atom stereocenters. The number of allylic oxidation sites excluding steroid dienone is 2. The van der Waals surface area contributed by atoms with E-state index < -0.39 is 35.3 Å². The number of benzene rings is 2. The highest BCUT2D eigenvalue weighted by atomic mass is 32.2. The molecule has 2 atom stereocenters. The first-order chi connectivity index (χ1) is 20.4. The summed E-state index contributed by atoms with van der Waals surface area (Å²) in [5.74, 6) is -1.24. The van der Waals surface area contributed by atoms with Gasteiger partial charge in [0, 0.05) is 11.1 Å². The molecular formula is C30H29N5O5S2. The summed E-state index contributed by atoms with van der Waals surface area (Å²) in [5, 5.41) is 7.86. The minimum absolute atomic E-state index is 0.104. The van der Waals surface area contributed by atoms with Crippen LogP contribution in [0.4, 0.5) is 5.13 Å². The van der Waals surface area contributed by atoms with Gasteiger partial charge in [-0.15, -0.1) is 23.1 Å². The van der Waals surface area contributed by atoms with Gasteiger partial charge >= 0.3 is 5.97 Å². The summed E-state index contributed by atoms with van der Waals surface area (Å²) in [5.41, 5.74) is 8.32. The van der Waals surface area contributed by atoms with Gasteiger partial charge in [-0.1, -0.05) is 84.9 Å². The standard InChI is InChI=1S/C30H29N5O5S2/c1-3-4-11-20-16-41-28-23(33-26(36)22(34-39-2)21-17-42-30(31)32-21)27(37)35(28)24(20)29(38)40-25(18-12-7-5-8-13-18)19-14-9-6-10-15-19/h4-15,17,23,25,28H,3,16H2,1-2H3,(H2,31,32)(H,33,36)/t23?,28-/m0/s1. The summed E-state index contributed by atoms with van der Waals surface area (Å²) in [7, 11) is 1.31. The zero-order chi connectivity index (χ0) is 29.6. The summed E-state index contributed by atoms with van der Waals surface area (Å²) in [6, 6.07) is 18.0. The van der Waals surface area contributed by atoms with Crippen LogP contribution >= 0.6 is 23.1 Å². The Kier molecular flexibility index (Phi) is 9.03. The second-order valence-electron chi connectivity index (χ2n) is 9.35. The number of ether oxygens (including phenoxy) is 1. The van der Waals surface area contributed by atoms with Crippen LogP contribution in [0.15, 0.2) is 94.6 Å². The van der Waals surface area contributed by atoms with Gasteiger partial charge in [0.1, 0.15) is 29.9 Å². The highest BCUT2D eigenvalue weighted by Gasteiger charge is 2.54. The molecule has 2 aliphatic rings. The summed E-state index contributed by atoms with van der Waals surface area (Å²) >= 11 is 2.60.